The summed E-state index contributed by atoms with van der Waals surface area (Å²) in [5.41, 5.74) is 7.56. The molecule has 0 aliphatic heterocycles. The summed E-state index contributed by atoms with van der Waals surface area (Å²) in [4.78, 5) is 13.9. The molecule has 106 valence electrons. The minimum absolute atomic E-state index is 0.0452. The van der Waals surface area contributed by atoms with Gasteiger partial charge in [0, 0.05) is 17.8 Å². The summed E-state index contributed by atoms with van der Waals surface area (Å²) in [5, 5.41) is 3.03. The van der Waals surface area contributed by atoms with Crippen molar-refractivity contribution in [2.45, 2.75) is 39.3 Å². The van der Waals surface area contributed by atoms with Gasteiger partial charge in [0.25, 0.3) is 0 Å². The van der Waals surface area contributed by atoms with Crippen molar-refractivity contribution in [1.29, 1.82) is 0 Å². The van der Waals surface area contributed by atoms with Crippen LogP contribution >= 0.6 is 0 Å². The average molecular weight is 263 g/mol. The number of carbonyl (C=O) groups excluding carboxylic acids is 1. The maximum absolute atomic E-state index is 11.9. The first-order chi connectivity index (χ1) is 8.84. The quantitative estimate of drug-likeness (QED) is 0.772. The number of carbonyl (C=O) groups is 1. The molecule has 1 amide bonds. The fourth-order valence-electron chi connectivity index (χ4n) is 1.78. The van der Waals surface area contributed by atoms with Gasteiger partial charge in [-0.1, -0.05) is 25.1 Å². The highest BCUT2D eigenvalue weighted by Crippen LogP contribution is 2.12. The van der Waals surface area contributed by atoms with E-state index < -0.39 is 0 Å². The van der Waals surface area contributed by atoms with Gasteiger partial charge in [-0.05, 0) is 38.9 Å². The van der Waals surface area contributed by atoms with Crippen molar-refractivity contribution >= 4 is 11.6 Å². The Morgan fingerprint density at radius 3 is 2.58 bits per heavy atom. The van der Waals surface area contributed by atoms with Crippen molar-refractivity contribution in [1.82, 2.24) is 10.2 Å². The smallest absolute Gasteiger partial charge is 0.234 e. The molecule has 1 rings (SSSR count). The van der Waals surface area contributed by atoms with Crippen LogP contribution in [0.3, 0.4) is 0 Å². The normalized spacial score (nSPS) is 11.6. The van der Waals surface area contributed by atoms with Gasteiger partial charge in [0.1, 0.15) is 0 Å². The number of nitrogens with zero attached hydrogens (tertiary/aromatic N) is 1. The Labute approximate surface area is 116 Å². The van der Waals surface area contributed by atoms with Crippen LogP contribution in [-0.2, 0) is 11.3 Å². The fraction of sp³-hybridized carbons (Fsp3) is 0.533. The molecule has 3 N–H and O–H groups in total. The van der Waals surface area contributed by atoms with Gasteiger partial charge >= 0.3 is 0 Å². The Kier molecular flexibility index (Phi) is 5.36. The van der Waals surface area contributed by atoms with Crippen molar-refractivity contribution in [2.75, 3.05) is 19.3 Å². The molecule has 0 heterocycles. The third-order valence-corrected chi connectivity index (χ3v) is 3.27. The molecule has 0 saturated heterocycles. The predicted molar refractivity (Wildman–Crippen MR) is 79.7 cm³/mol. The SMILES string of the molecule is CCC(C)(C)NC(=O)CN(C)Cc1ccccc1N. The summed E-state index contributed by atoms with van der Waals surface area (Å²) in [6.07, 6.45) is 0.911. The molecule has 0 radical (unpaired) electrons. The second-order valence-corrected chi connectivity index (χ2v) is 5.66. The Morgan fingerprint density at radius 2 is 2.00 bits per heavy atom. The first-order valence-electron chi connectivity index (χ1n) is 6.67. The second kappa shape index (κ2) is 6.57. The van der Waals surface area contributed by atoms with Crippen LogP contribution in [0, 0.1) is 0 Å². The maximum atomic E-state index is 11.9. The lowest BCUT2D eigenvalue weighted by molar-refractivity contribution is -0.123. The molecule has 0 fully saturated rings. The molecule has 0 aromatic heterocycles. The van der Waals surface area contributed by atoms with Gasteiger partial charge in [-0.2, -0.15) is 0 Å². The van der Waals surface area contributed by atoms with Crippen LogP contribution in [0.25, 0.3) is 0 Å². The number of hydrogen-bond acceptors (Lipinski definition) is 3. The number of hydrogen-bond donors (Lipinski definition) is 2. The minimum Gasteiger partial charge on any atom is -0.398 e. The molecule has 0 unspecified atom stereocenters. The van der Waals surface area contributed by atoms with Crippen molar-refractivity contribution in [3.8, 4) is 0 Å². The van der Waals surface area contributed by atoms with E-state index in [4.69, 9.17) is 5.73 Å². The molecule has 1 aromatic carbocycles. The zero-order valence-corrected chi connectivity index (χ0v) is 12.4. The van der Waals surface area contributed by atoms with E-state index in [9.17, 15) is 4.79 Å². The molecule has 19 heavy (non-hydrogen) atoms. The lowest BCUT2D eigenvalue weighted by atomic mass is 10.0. The molecular formula is C15H25N3O. The van der Waals surface area contributed by atoms with Gasteiger partial charge in [-0.3, -0.25) is 9.69 Å². The summed E-state index contributed by atoms with van der Waals surface area (Å²) in [7, 11) is 1.92. The van der Waals surface area contributed by atoms with Crippen molar-refractivity contribution in [3.63, 3.8) is 0 Å². The molecule has 1 aromatic rings. The third-order valence-electron chi connectivity index (χ3n) is 3.27. The Balaban J connectivity index is 2.50. The molecule has 0 atom stereocenters. The molecule has 0 aliphatic carbocycles. The minimum atomic E-state index is -0.149. The highest BCUT2D eigenvalue weighted by atomic mass is 16.2. The number of likely N-dealkylation sites (N-methyl/N-ethyl adjacent to an activating group) is 1. The molecule has 4 nitrogen and oxygen atoms in total. The van der Waals surface area contributed by atoms with Crippen LogP contribution in [0.5, 0.6) is 0 Å². The van der Waals surface area contributed by atoms with E-state index in [0.717, 1.165) is 17.7 Å². The number of rotatable bonds is 6. The summed E-state index contributed by atoms with van der Waals surface area (Å²) >= 11 is 0. The first kappa shape index (κ1) is 15.5. The Bertz CT molecular complexity index is 429. The number of benzene rings is 1. The molecule has 0 saturated carbocycles. The van der Waals surface area contributed by atoms with Crippen LogP contribution in [0.15, 0.2) is 24.3 Å². The first-order valence-corrected chi connectivity index (χ1v) is 6.67. The summed E-state index contributed by atoms with van der Waals surface area (Å²) in [6, 6.07) is 7.73. The van der Waals surface area contributed by atoms with Crippen LogP contribution in [0.1, 0.15) is 32.8 Å². The predicted octanol–water partition coefficient (Wildman–Crippen LogP) is 2.01. The fourth-order valence-corrected chi connectivity index (χ4v) is 1.78. The number of nitrogens with two attached hydrogens (primary N) is 1. The number of anilines is 1. The van der Waals surface area contributed by atoms with Crippen molar-refractivity contribution in [2.24, 2.45) is 0 Å². The van der Waals surface area contributed by atoms with Gasteiger partial charge in [-0.25, -0.2) is 0 Å². The molecule has 4 heteroatoms. The van der Waals surface area contributed by atoms with Crippen LogP contribution in [0.2, 0.25) is 0 Å². The molecule has 0 aliphatic rings. The highest BCUT2D eigenvalue weighted by Gasteiger charge is 2.18. The molecule has 0 bridgehead atoms. The van der Waals surface area contributed by atoms with E-state index in [1.54, 1.807) is 0 Å². The van der Waals surface area contributed by atoms with Crippen molar-refractivity contribution < 1.29 is 4.79 Å². The highest BCUT2D eigenvalue weighted by molar-refractivity contribution is 5.78. The van der Waals surface area contributed by atoms with Gasteiger partial charge in [-0.15, -0.1) is 0 Å². The van der Waals surface area contributed by atoms with Crippen LogP contribution in [-0.4, -0.2) is 29.9 Å². The number of nitrogen functional groups attached to an aromatic ring is 1. The average Bonchev–Trinajstić information content (AvgIpc) is 2.31. The topological polar surface area (TPSA) is 58.4 Å². The van der Waals surface area contributed by atoms with E-state index in [-0.39, 0.29) is 11.4 Å². The zero-order valence-electron chi connectivity index (χ0n) is 12.4. The third kappa shape index (κ3) is 5.30. The number of nitrogens with one attached hydrogen (secondary N) is 1. The summed E-state index contributed by atoms with van der Waals surface area (Å²) in [6.45, 7) is 7.17. The maximum Gasteiger partial charge on any atom is 0.234 e. The Hall–Kier alpha value is -1.55. The largest absolute Gasteiger partial charge is 0.398 e. The van der Waals surface area contributed by atoms with Gasteiger partial charge in [0.05, 0.1) is 6.54 Å². The number of amides is 1. The standard InChI is InChI=1S/C15H25N3O/c1-5-15(2,3)17-14(19)11-18(4)10-12-8-6-7-9-13(12)16/h6-9H,5,10-11,16H2,1-4H3,(H,17,19). The Morgan fingerprint density at radius 1 is 1.37 bits per heavy atom. The summed E-state index contributed by atoms with van der Waals surface area (Å²) in [5.74, 6) is 0.0452. The van der Waals surface area contributed by atoms with Gasteiger partial charge in [0.15, 0.2) is 0 Å². The lowest BCUT2D eigenvalue weighted by Gasteiger charge is -2.26. The van der Waals surface area contributed by atoms with E-state index in [1.807, 2.05) is 50.1 Å². The van der Waals surface area contributed by atoms with Crippen LogP contribution < -0.4 is 11.1 Å². The summed E-state index contributed by atoms with van der Waals surface area (Å²) < 4.78 is 0. The second-order valence-electron chi connectivity index (χ2n) is 5.66. The zero-order chi connectivity index (χ0) is 14.5. The lowest BCUT2D eigenvalue weighted by Crippen LogP contribution is -2.46. The van der Waals surface area contributed by atoms with Gasteiger partial charge < -0.3 is 11.1 Å². The van der Waals surface area contributed by atoms with E-state index in [1.165, 1.54) is 0 Å². The molecule has 0 spiro atoms. The van der Waals surface area contributed by atoms with Crippen molar-refractivity contribution in [3.05, 3.63) is 29.8 Å². The van der Waals surface area contributed by atoms with E-state index in [0.29, 0.717) is 13.1 Å². The molecular weight excluding hydrogens is 238 g/mol. The van der Waals surface area contributed by atoms with Crippen LogP contribution in [0.4, 0.5) is 5.69 Å². The van der Waals surface area contributed by atoms with Gasteiger partial charge in [0.2, 0.25) is 5.91 Å². The number of para-hydroxylation sites is 1. The monoisotopic (exact) mass is 263 g/mol. The van der Waals surface area contributed by atoms with E-state index in [2.05, 4.69) is 12.2 Å². The van der Waals surface area contributed by atoms with E-state index >= 15 is 0 Å².